The van der Waals surface area contributed by atoms with E-state index < -0.39 is 36.2 Å². The number of aromatic hydroxyl groups is 1. The molecular weight excluding hydrogens is 418 g/mol. The van der Waals surface area contributed by atoms with Crippen LogP contribution >= 0.6 is 0 Å². The van der Waals surface area contributed by atoms with Crippen molar-refractivity contribution < 1.29 is 39.5 Å². The van der Waals surface area contributed by atoms with Crippen LogP contribution in [0.5, 0.6) is 11.5 Å². The third-order valence-corrected chi connectivity index (χ3v) is 6.08. The summed E-state index contributed by atoms with van der Waals surface area (Å²) in [6, 6.07) is 3.05. The molecule has 0 saturated carbocycles. The summed E-state index contributed by atoms with van der Waals surface area (Å²) >= 11 is 0. The van der Waals surface area contributed by atoms with Gasteiger partial charge in [0.25, 0.3) is 0 Å². The molecule has 32 heavy (non-hydrogen) atoms. The number of Topliss-reactive ketones (excluding diaryl/α,β-unsaturated/α-hetero) is 2. The number of aliphatic hydroxyl groups excluding tert-OH is 2. The molecule has 1 aromatic rings. The van der Waals surface area contributed by atoms with Crippen LogP contribution in [0.4, 0.5) is 0 Å². The zero-order valence-corrected chi connectivity index (χ0v) is 18.4. The van der Waals surface area contributed by atoms with Crippen molar-refractivity contribution in [3.63, 3.8) is 0 Å². The van der Waals surface area contributed by atoms with E-state index in [9.17, 15) is 34.8 Å². The van der Waals surface area contributed by atoms with Crippen LogP contribution in [0, 0.1) is 11.8 Å². The molecule has 0 bridgehead atoms. The number of unbranched alkanes of at least 4 members (excludes halogenated alkanes) is 1. The number of fused-ring (bicyclic) bond motifs is 1. The molecule has 3 atom stereocenters. The van der Waals surface area contributed by atoms with Crippen molar-refractivity contribution >= 4 is 17.5 Å². The fourth-order valence-corrected chi connectivity index (χ4v) is 4.35. The molecule has 0 spiro atoms. The van der Waals surface area contributed by atoms with E-state index in [0.717, 1.165) is 12.8 Å². The van der Waals surface area contributed by atoms with Crippen LogP contribution in [0.25, 0.3) is 0 Å². The van der Waals surface area contributed by atoms with Crippen molar-refractivity contribution in [2.24, 2.45) is 17.6 Å². The molecule has 178 valence electrons. The molecule has 0 aliphatic heterocycles. The van der Waals surface area contributed by atoms with Gasteiger partial charge in [-0.05, 0) is 49.7 Å². The number of carbonyl (C=O) groups excluding carboxylic acids is 3. The minimum atomic E-state index is -2.26. The van der Waals surface area contributed by atoms with Gasteiger partial charge < -0.3 is 30.9 Å². The van der Waals surface area contributed by atoms with Gasteiger partial charge in [0.05, 0.1) is 25.2 Å². The summed E-state index contributed by atoms with van der Waals surface area (Å²) in [6.45, 7) is 1.19. The van der Waals surface area contributed by atoms with E-state index in [4.69, 9.17) is 10.5 Å². The van der Waals surface area contributed by atoms with Crippen molar-refractivity contribution in [2.75, 3.05) is 19.8 Å². The number of rotatable bonds is 13. The molecule has 0 radical (unpaired) electrons. The first-order valence-electron chi connectivity index (χ1n) is 10.9. The number of nitrogens with two attached hydrogens (primary N) is 1. The fraction of sp³-hybridized carbons (Fsp3) is 0.609. The maximum atomic E-state index is 12.8. The van der Waals surface area contributed by atoms with E-state index >= 15 is 0 Å². The first-order valence-corrected chi connectivity index (χ1v) is 10.9. The zero-order valence-electron chi connectivity index (χ0n) is 18.4. The van der Waals surface area contributed by atoms with Crippen LogP contribution in [0.1, 0.15) is 61.4 Å². The molecule has 9 heteroatoms. The second-order valence-corrected chi connectivity index (χ2v) is 8.43. The van der Waals surface area contributed by atoms with Gasteiger partial charge in [0.15, 0.2) is 11.6 Å². The Labute approximate surface area is 187 Å². The summed E-state index contributed by atoms with van der Waals surface area (Å²) < 4.78 is 5.82. The van der Waals surface area contributed by atoms with E-state index in [0.29, 0.717) is 24.3 Å². The summed E-state index contributed by atoms with van der Waals surface area (Å²) in [5.41, 5.74) is 3.60. The number of hydrogen-bond donors (Lipinski definition) is 5. The molecule has 0 unspecified atom stereocenters. The highest BCUT2D eigenvalue weighted by Crippen LogP contribution is 2.41. The average Bonchev–Trinajstić information content (AvgIpc) is 2.73. The second-order valence-electron chi connectivity index (χ2n) is 8.43. The minimum absolute atomic E-state index is 0.0149. The smallest absolute Gasteiger partial charge is 0.224 e. The molecule has 0 saturated heterocycles. The van der Waals surface area contributed by atoms with Crippen molar-refractivity contribution in [1.82, 2.24) is 0 Å². The Balaban J connectivity index is 2.31. The van der Waals surface area contributed by atoms with Crippen molar-refractivity contribution in [1.29, 1.82) is 0 Å². The van der Waals surface area contributed by atoms with Crippen LogP contribution < -0.4 is 10.5 Å². The van der Waals surface area contributed by atoms with Gasteiger partial charge in [-0.1, -0.05) is 13.3 Å². The number of hydrogen-bond acceptors (Lipinski definition) is 8. The quantitative estimate of drug-likeness (QED) is 0.217. The highest BCUT2D eigenvalue weighted by atomic mass is 16.5. The molecule has 0 aromatic heterocycles. The number of phenols is 1. The van der Waals surface area contributed by atoms with Gasteiger partial charge in [0, 0.05) is 18.6 Å². The lowest BCUT2D eigenvalue weighted by molar-refractivity contribution is -0.153. The maximum Gasteiger partial charge on any atom is 0.224 e. The van der Waals surface area contributed by atoms with Gasteiger partial charge in [0.1, 0.15) is 17.1 Å². The molecule has 0 fully saturated rings. The number of benzene rings is 1. The van der Waals surface area contributed by atoms with Crippen molar-refractivity contribution in [3.05, 3.63) is 23.3 Å². The number of primary amides is 1. The van der Waals surface area contributed by atoms with Gasteiger partial charge in [-0.3, -0.25) is 14.4 Å². The second kappa shape index (κ2) is 11.4. The van der Waals surface area contributed by atoms with E-state index in [-0.39, 0.29) is 48.9 Å². The number of aliphatic hydroxyl groups is 3. The topological polar surface area (TPSA) is 167 Å². The SMILES string of the molecule is CCCCOc1ccc(O)c2c1C[C@@H](C[C@@H](CCO)[C@](O)(CO)C(=O)CC(N)=O)CC2=O. The number of ketones is 2. The first kappa shape index (κ1) is 25.8. The third-order valence-electron chi connectivity index (χ3n) is 6.08. The lowest BCUT2D eigenvalue weighted by Gasteiger charge is -2.36. The van der Waals surface area contributed by atoms with Gasteiger partial charge in [-0.15, -0.1) is 0 Å². The summed E-state index contributed by atoms with van der Waals surface area (Å²) in [5, 5.41) is 40.4. The zero-order chi connectivity index (χ0) is 23.9. The molecule has 1 aromatic carbocycles. The standard InChI is InChI=1S/C23H33NO8/c1-2-3-8-32-19-5-4-17(27)22-16(19)10-14(11-18(22)28)9-15(6-7-25)23(31,13-26)20(29)12-21(24)30/h4-5,14-15,25-27,31H,2-3,6-13H2,1H3,(H2,24,30)/t14-,15-,23-/m1/s1. The number of ether oxygens (including phenoxy) is 1. The predicted molar refractivity (Wildman–Crippen MR) is 115 cm³/mol. The molecule has 6 N–H and O–H groups in total. The lowest BCUT2D eigenvalue weighted by Crippen LogP contribution is -2.51. The monoisotopic (exact) mass is 451 g/mol. The minimum Gasteiger partial charge on any atom is -0.507 e. The third kappa shape index (κ3) is 5.85. The molecule has 1 aliphatic carbocycles. The van der Waals surface area contributed by atoms with Crippen LogP contribution in [-0.2, 0) is 16.0 Å². The van der Waals surface area contributed by atoms with E-state index in [1.54, 1.807) is 6.07 Å². The highest BCUT2D eigenvalue weighted by molar-refractivity contribution is 6.02. The Morgan fingerprint density at radius 1 is 1.28 bits per heavy atom. The molecule has 1 aliphatic rings. The van der Waals surface area contributed by atoms with Crippen molar-refractivity contribution in [3.8, 4) is 11.5 Å². The average molecular weight is 452 g/mol. The lowest BCUT2D eigenvalue weighted by atomic mass is 9.71. The van der Waals surface area contributed by atoms with Crippen molar-refractivity contribution in [2.45, 2.75) is 57.5 Å². The van der Waals surface area contributed by atoms with Gasteiger partial charge >= 0.3 is 0 Å². The summed E-state index contributed by atoms with van der Waals surface area (Å²) in [5.74, 6) is -2.99. The van der Waals surface area contributed by atoms with Gasteiger partial charge in [-0.25, -0.2) is 0 Å². The Morgan fingerprint density at radius 3 is 2.59 bits per heavy atom. The number of carbonyl (C=O) groups is 3. The first-order chi connectivity index (χ1) is 15.2. The van der Waals surface area contributed by atoms with Gasteiger partial charge in [-0.2, -0.15) is 0 Å². The molecule has 1 amide bonds. The molecule has 0 heterocycles. The number of phenolic OH excluding ortho intramolecular Hbond substituents is 1. The van der Waals surface area contributed by atoms with Gasteiger partial charge in [0.2, 0.25) is 5.91 Å². The maximum absolute atomic E-state index is 12.8. The van der Waals surface area contributed by atoms with E-state index in [1.807, 2.05) is 6.92 Å². The van der Waals surface area contributed by atoms with Crippen LogP contribution in [0.3, 0.4) is 0 Å². The Hall–Kier alpha value is -2.49. The fourth-order valence-electron chi connectivity index (χ4n) is 4.35. The Kier molecular flexibility index (Phi) is 9.18. The molecule has 2 rings (SSSR count). The number of amides is 1. The van der Waals surface area contributed by atoms with E-state index in [2.05, 4.69) is 0 Å². The highest BCUT2D eigenvalue weighted by Gasteiger charge is 2.45. The van der Waals surface area contributed by atoms with Crippen LogP contribution in [-0.4, -0.2) is 63.3 Å². The summed E-state index contributed by atoms with van der Waals surface area (Å²) in [7, 11) is 0. The van der Waals surface area contributed by atoms with E-state index in [1.165, 1.54) is 6.07 Å². The molecule has 9 nitrogen and oxygen atoms in total. The molecular formula is C23H33NO8. The Bertz CT molecular complexity index is 840. The van der Waals surface area contributed by atoms with Crippen LogP contribution in [0.15, 0.2) is 12.1 Å². The summed E-state index contributed by atoms with van der Waals surface area (Å²) in [6.07, 6.45) is 1.56. The summed E-state index contributed by atoms with van der Waals surface area (Å²) in [4.78, 5) is 36.5. The normalized spacial score (nSPS) is 18.5. The predicted octanol–water partition coefficient (Wildman–Crippen LogP) is 0.873. The Morgan fingerprint density at radius 2 is 2.00 bits per heavy atom. The largest absolute Gasteiger partial charge is 0.507 e. The van der Waals surface area contributed by atoms with Crippen LogP contribution in [0.2, 0.25) is 0 Å².